The zero-order chi connectivity index (χ0) is 16.5. The molecule has 2 amide bonds. The van der Waals surface area contributed by atoms with E-state index in [2.05, 4.69) is 10.6 Å². The van der Waals surface area contributed by atoms with Crippen LogP contribution in [0.2, 0.25) is 0 Å². The number of nitrogens with one attached hydrogen (secondary N) is 2. The molecule has 122 valence electrons. The van der Waals surface area contributed by atoms with Gasteiger partial charge in [-0.1, -0.05) is 30.3 Å². The van der Waals surface area contributed by atoms with Crippen molar-refractivity contribution in [3.05, 3.63) is 60.2 Å². The summed E-state index contributed by atoms with van der Waals surface area (Å²) >= 11 is 1.73. The van der Waals surface area contributed by atoms with Gasteiger partial charge in [0.15, 0.2) is 0 Å². The van der Waals surface area contributed by atoms with Crippen LogP contribution < -0.4 is 10.6 Å². The topological polar surface area (TPSA) is 41.1 Å². The highest BCUT2D eigenvalue weighted by Gasteiger charge is 2.08. The molecule has 0 aliphatic carbocycles. The molecular weight excluding hydrogens is 318 g/mol. The lowest BCUT2D eigenvalue weighted by Crippen LogP contribution is -2.29. The number of halogens is 2. The maximum atomic E-state index is 12.6. The molecule has 0 heterocycles. The Labute approximate surface area is 138 Å². The zero-order valence-electron chi connectivity index (χ0n) is 12.5. The molecule has 2 aromatic rings. The van der Waals surface area contributed by atoms with Crippen molar-refractivity contribution < 1.29 is 13.6 Å². The molecule has 0 saturated carbocycles. The number of carbonyl (C=O) groups excluding carboxylic acids is 1. The van der Waals surface area contributed by atoms with Crippen molar-refractivity contribution in [3.8, 4) is 0 Å². The maximum absolute atomic E-state index is 12.6. The van der Waals surface area contributed by atoms with Crippen LogP contribution in [0.4, 0.5) is 19.3 Å². The van der Waals surface area contributed by atoms with Crippen molar-refractivity contribution in [2.45, 2.75) is 17.7 Å². The number of urea groups is 1. The van der Waals surface area contributed by atoms with Crippen molar-refractivity contribution in [3.63, 3.8) is 0 Å². The molecule has 3 nitrogen and oxygen atoms in total. The Morgan fingerprint density at radius 1 is 1.09 bits per heavy atom. The molecule has 0 unspecified atom stereocenters. The molecule has 23 heavy (non-hydrogen) atoms. The lowest BCUT2D eigenvalue weighted by molar-refractivity contribution is 0.151. The van der Waals surface area contributed by atoms with Crippen LogP contribution in [-0.2, 0) is 0 Å². The van der Waals surface area contributed by atoms with Gasteiger partial charge in [0.25, 0.3) is 6.43 Å². The third kappa shape index (κ3) is 6.28. The summed E-state index contributed by atoms with van der Waals surface area (Å²) in [5.74, 6) is 0.894. The minimum absolute atomic E-state index is 0.109. The van der Waals surface area contributed by atoms with Crippen LogP contribution in [0, 0.1) is 0 Å². The van der Waals surface area contributed by atoms with Gasteiger partial charge in [-0.15, -0.1) is 11.8 Å². The lowest BCUT2D eigenvalue weighted by Gasteiger charge is -2.09. The molecule has 0 radical (unpaired) electrons. The molecule has 0 fully saturated rings. The van der Waals surface area contributed by atoms with Gasteiger partial charge in [0.05, 0.1) is 0 Å². The zero-order valence-corrected chi connectivity index (χ0v) is 13.3. The van der Waals surface area contributed by atoms with E-state index < -0.39 is 6.43 Å². The molecule has 2 N–H and O–H groups in total. The first-order chi connectivity index (χ1) is 11.1. The third-order valence-electron chi connectivity index (χ3n) is 3.02. The minimum Gasteiger partial charge on any atom is -0.338 e. The van der Waals surface area contributed by atoms with Gasteiger partial charge in [0.2, 0.25) is 0 Å². The minimum atomic E-state index is -2.55. The van der Waals surface area contributed by atoms with Crippen molar-refractivity contribution in [1.29, 1.82) is 0 Å². The fraction of sp³-hybridized carbons (Fsp3) is 0.235. The molecule has 0 aromatic heterocycles. The number of amides is 2. The van der Waals surface area contributed by atoms with Gasteiger partial charge < -0.3 is 10.6 Å². The van der Waals surface area contributed by atoms with Gasteiger partial charge in [0.1, 0.15) is 0 Å². The third-order valence-corrected chi connectivity index (χ3v) is 4.11. The second-order valence-electron chi connectivity index (χ2n) is 4.82. The van der Waals surface area contributed by atoms with E-state index in [0.717, 1.165) is 12.2 Å². The first kappa shape index (κ1) is 17.3. The van der Waals surface area contributed by atoms with Gasteiger partial charge in [-0.2, -0.15) is 0 Å². The molecule has 6 heteroatoms. The van der Waals surface area contributed by atoms with E-state index in [-0.39, 0.29) is 11.6 Å². The average Bonchev–Trinajstić information content (AvgIpc) is 2.55. The highest BCUT2D eigenvalue weighted by Crippen LogP contribution is 2.21. The predicted octanol–water partition coefficient (Wildman–Crippen LogP) is 4.93. The number of anilines is 1. The summed E-state index contributed by atoms with van der Waals surface area (Å²) in [7, 11) is 0. The van der Waals surface area contributed by atoms with Crippen molar-refractivity contribution >= 4 is 23.5 Å². The summed E-state index contributed by atoms with van der Waals surface area (Å²) in [5, 5.41) is 5.27. The molecule has 0 saturated heterocycles. The van der Waals surface area contributed by atoms with Crippen LogP contribution >= 0.6 is 11.8 Å². The maximum Gasteiger partial charge on any atom is 0.319 e. The predicted molar refractivity (Wildman–Crippen MR) is 90.2 cm³/mol. The van der Waals surface area contributed by atoms with Gasteiger partial charge in [-0.25, -0.2) is 13.6 Å². The second-order valence-corrected chi connectivity index (χ2v) is 5.99. The van der Waals surface area contributed by atoms with Crippen LogP contribution in [0.5, 0.6) is 0 Å². The fourth-order valence-electron chi connectivity index (χ4n) is 1.91. The number of hydrogen-bond acceptors (Lipinski definition) is 2. The molecule has 0 spiro atoms. The Hall–Kier alpha value is -2.08. The van der Waals surface area contributed by atoms with E-state index in [1.54, 1.807) is 17.8 Å². The average molecular weight is 336 g/mol. The SMILES string of the molecule is O=C(NCCCSc1ccccc1)Nc1cccc(C(F)F)c1. The van der Waals surface area contributed by atoms with Gasteiger partial charge in [-0.3, -0.25) is 0 Å². The number of hydrogen-bond donors (Lipinski definition) is 2. The Morgan fingerprint density at radius 3 is 2.61 bits per heavy atom. The number of alkyl halides is 2. The molecular formula is C17H18F2N2OS. The van der Waals surface area contributed by atoms with Crippen LogP contribution in [0.1, 0.15) is 18.4 Å². The molecule has 2 aromatic carbocycles. The summed E-state index contributed by atoms with van der Waals surface area (Å²) in [6.45, 7) is 0.528. The monoisotopic (exact) mass is 336 g/mol. The summed E-state index contributed by atoms with van der Waals surface area (Å²) < 4.78 is 25.2. The Kier molecular flexibility index (Phi) is 6.87. The quantitative estimate of drug-likeness (QED) is 0.556. The smallest absolute Gasteiger partial charge is 0.319 e. The van der Waals surface area contributed by atoms with Crippen LogP contribution in [-0.4, -0.2) is 18.3 Å². The summed E-state index contributed by atoms with van der Waals surface area (Å²) in [5.41, 5.74) is 0.251. The van der Waals surface area contributed by atoms with Gasteiger partial charge in [0, 0.05) is 22.7 Å². The number of rotatable bonds is 7. The highest BCUT2D eigenvalue weighted by atomic mass is 32.2. The van der Waals surface area contributed by atoms with Crippen molar-refractivity contribution in [2.24, 2.45) is 0 Å². The van der Waals surface area contributed by atoms with Crippen molar-refractivity contribution in [1.82, 2.24) is 5.32 Å². The van der Waals surface area contributed by atoms with Crippen LogP contribution in [0.15, 0.2) is 59.5 Å². The molecule has 0 atom stereocenters. The number of thioether (sulfide) groups is 1. The normalized spacial score (nSPS) is 10.6. The van der Waals surface area contributed by atoms with E-state index in [9.17, 15) is 13.6 Å². The summed E-state index contributed by atoms with van der Waals surface area (Å²) in [6.07, 6.45) is -1.72. The number of benzene rings is 2. The summed E-state index contributed by atoms with van der Waals surface area (Å²) in [4.78, 5) is 12.9. The Bertz CT molecular complexity index is 623. The fourth-order valence-corrected chi connectivity index (χ4v) is 2.78. The van der Waals surface area contributed by atoms with E-state index >= 15 is 0 Å². The largest absolute Gasteiger partial charge is 0.338 e. The molecule has 2 rings (SSSR count). The lowest BCUT2D eigenvalue weighted by atomic mass is 10.2. The van der Waals surface area contributed by atoms with Crippen molar-refractivity contribution in [2.75, 3.05) is 17.6 Å². The van der Waals surface area contributed by atoms with E-state index in [1.165, 1.54) is 23.1 Å². The first-order valence-corrected chi connectivity index (χ1v) is 8.24. The van der Waals surface area contributed by atoms with E-state index in [1.807, 2.05) is 30.3 Å². The first-order valence-electron chi connectivity index (χ1n) is 7.26. The van der Waals surface area contributed by atoms with Crippen LogP contribution in [0.3, 0.4) is 0 Å². The molecule has 0 bridgehead atoms. The highest BCUT2D eigenvalue weighted by molar-refractivity contribution is 7.99. The Balaban J connectivity index is 1.66. The Morgan fingerprint density at radius 2 is 1.87 bits per heavy atom. The molecule has 0 aliphatic rings. The summed E-state index contributed by atoms with van der Waals surface area (Å²) in [6, 6.07) is 15.3. The van der Waals surface area contributed by atoms with E-state index in [0.29, 0.717) is 12.2 Å². The molecule has 0 aliphatic heterocycles. The number of carbonyl (C=O) groups is 1. The van der Waals surface area contributed by atoms with E-state index in [4.69, 9.17) is 0 Å². The standard InChI is InChI=1S/C17H18F2N2OS/c18-16(19)13-6-4-7-14(12-13)21-17(22)20-10-5-11-23-15-8-2-1-3-9-15/h1-4,6-9,12,16H,5,10-11H2,(H2,20,21,22). The van der Waals surface area contributed by atoms with Gasteiger partial charge in [-0.05, 0) is 36.4 Å². The van der Waals surface area contributed by atoms with Crippen LogP contribution in [0.25, 0.3) is 0 Å². The second kappa shape index (κ2) is 9.15. The van der Waals surface area contributed by atoms with Gasteiger partial charge >= 0.3 is 6.03 Å².